The number of piperidine rings is 1. The van der Waals surface area contributed by atoms with Crippen LogP contribution in [0.15, 0.2) is 18.2 Å². The zero-order valence-electron chi connectivity index (χ0n) is 12.8. The number of nitrogens with one attached hydrogen (secondary N) is 2. The van der Waals surface area contributed by atoms with E-state index < -0.39 is 0 Å². The average Bonchev–Trinajstić information content (AvgIpc) is 2.46. The van der Waals surface area contributed by atoms with Gasteiger partial charge in [0, 0.05) is 43.9 Å². The second kappa shape index (κ2) is 7.41. The maximum Gasteiger partial charge on any atom is 0.217 e. The summed E-state index contributed by atoms with van der Waals surface area (Å²) in [6.07, 6.45) is 1.80. The summed E-state index contributed by atoms with van der Waals surface area (Å²) in [4.78, 5) is 13.3. The zero-order valence-corrected chi connectivity index (χ0v) is 12.8. The predicted octanol–water partition coefficient (Wildman–Crippen LogP) is 2.04. The minimum absolute atomic E-state index is 0.0204. The highest BCUT2D eigenvalue weighted by molar-refractivity contribution is 5.73. The van der Waals surface area contributed by atoms with Gasteiger partial charge in [-0.3, -0.25) is 4.79 Å². The lowest BCUT2D eigenvalue weighted by Crippen LogP contribution is -2.44. The highest BCUT2D eigenvalue weighted by atomic mass is 19.1. The third-order valence-corrected chi connectivity index (χ3v) is 3.89. The van der Waals surface area contributed by atoms with Gasteiger partial charge < -0.3 is 15.5 Å². The summed E-state index contributed by atoms with van der Waals surface area (Å²) < 4.78 is 14.1. The summed E-state index contributed by atoms with van der Waals surface area (Å²) >= 11 is 0. The maximum atomic E-state index is 14.1. The molecular formula is C16H24FN3O. The fourth-order valence-electron chi connectivity index (χ4n) is 2.82. The summed E-state index contributed by atoms with van der Waals surface area (Å²) in [7, 11) is 0. The second-order valence-corrected chi connectivity index (χ2v) is 5.48. The molecule has 1 fully saturated rings. The second-order valence-electron chi connectivity index (χ2n) is 5.48. The number of carbonyl (C=O) groups excluding carboxylic acids is 1. The number of hydrogen-bond donors (Lipinski definition) is 2. The topological polar surface area (TPSA) is 44.4 Å². The van der Waals surface area contributed by atoms with Crippen LogP contribution in [0.2, 0.25) is 0 Å². The summed E-state index contributed by atoms with van der Waals surface area (Å²) in [6.45, 7) is 6.61. The van der Waals surface area contributed by atoms with Gasteiger partial charge in [-0.05, 0) is 31.5 Å². The molecular weight excluding hydrogens is 269 g/mol. The molecule has 4 nitrogen and oxygen atoms in total. The highest BCUT2D eigenvalue weighted by Gasteiger charge is 2.22. The Kier molecular flexibility index (Phi) is 5.56. The molecule has 0 aromatic heterocycles. The van der Waals surface area contributed by atoms with Gasteiger partial charge in [0.15, 0.2) is 0 Å². The number of amides is 1. The quantitative estimate of drug-likeness (QED) is 0.873. The van der Waals surface area contributed by atoms with Crippen molar-refractivity contribution in [3.8, 4) is 0 Å². The Morgan fingerprint density at radius 2 is 2.10 bits per heavy atom. The van der Waals surface area contributed by atoms with Crippen LogP contribution in [0, 0.1) is 5.82 Å². The number of nitrogens with zero attached hydrogens (tertiary/aromatic N) is 1. The molecule has 1 aromatic carbocycles. The van der Waals surface area contributed by atoms with E-state index in [9.17, 15) is 9.18 Å². The third-order valence-electron chi connectivity index (χ3n) is 3.89. The Morgan fingerprint density at radius 3 is 2.71 bits per heavy atom. The van der Waals surface area contributed by atoms with Gasteiger partial charge in [0.25, 0.3) is 0 Å². The van der Waals surface area contributed by atoms with E-state index in [1.54, 1.807) is 13.0 Å². The van der Waals surface area contributed by atoms with Crippen LogP contribution in [-0.2, 0) is 11.3 Å². The molecule has 1 aliphatic rings. The number of carbonyl (C=O) groups is 1. The van der Waals surface area contributed by atoms with E-state index in [4.69, 9.17) is 0 Å². The molecule has 0 spiro atoms. The van der Waals surface area contributed by atoms with E-state index in [-0.39, 0.29) is 17.8 Å². The van der Waals surface area contributed by atoms with Crippen molar-refractivity contribution in [2.75, 3.05) is 24.5 Å². The van der Waals surface area contributed by atoms with Crippen LogP contribution in [0.3, 0.4) is 0 Å². The molecule has 2 N–H and O–H groups in total. The molecule has 0 saturated carbocycles. The Balaban J connectivity index is 2.05. The molecule has 0 atom stereocenters. The fourth-order valence-corrected chi connectivity index (χ4v) is 2.82. The number of hydrogen-bond acceptors (Lipinski definition) is 3. The van der Waals surface area contributed by atoms with Gasteiger partial charge in [0.1, 0.15) is 5.82 Å². The van der Waals surface area contributed by atoms with Crippen molar-refractivity contribution < 1.29 is 9.18 Å². The molecule has 1 aromatic rings. The smallest absolute Gasteiger partial charge is 0.217 e. The maximum absolute atomic E-state index is 14.1. The summed E-state index contributed by atoms with van der Waals surface area (Å²) in [5.74, 6) is -0.135. The molecule has 1 saturated heterocycles. The molecule has 21 heavy (non-hydrogen) atoms. The van der Waals surface area contributed by atoms with Crippen molar-refractivity contribution in [2.24, 2.45) is 0 Å². The van der Waals surface area contributed by atoms with Crippen LogP contribution in [0.25, 0.3) is 0 Å². The van der Waals surface area contributed by atoms with Gasteiger partial charge in [0.05, 0.1) is 0 Å². The van der Waals surface area contributed by atoms with E-state index in [0.717, 1.165) is 43.7 Å². The van der Waals surface area contributed by atoms with E-state index >= 15 is 0 Å². The lowest BCUT2D eigenvalue weighted by atomic mass is 10.0. The molecule has 1 aliphatic heterocycles. The first kappa shape index (κ1) is 15.8. The minimum atomic E-state index is -0.155. The van der Waals surface area contributed by atoms with E-state index in [0.29, 0.717) is 6.54 Å². The Bertz CT molecular complexity index is 484. The molecule has 0 aliphatic carbocycles. The van der Waals surface area contributed by atoms with Crippen molar-refractivity contribution in [3.63, 3.8) is 0 Å². The predicted molar refractivity (Wildman–Crippen MR) is 82.8 cm³/mol. The van der Waals surface area contributed by atoms with Crippen molar-refractivity contribution in [1.29, 1.82) is 0 Å². The van der Waals surface area contributed by atoms with Gasteiger partial charge in [-0.15, -0.1) is 0 Å². The van der Waals surface area contributed by atoms with E-state index in [1.807, 2.05) is 13.0 Å². The van der Waals surface area contributed by atoms with Crippen molar-refractivity contribution in [3.05, 3.63) is 29.6 Å². The zero-order chi connectivity index (χ0) is 15.2. The van der Waals surface area contributed by atoms with Gasteiger partial charge in [0.2, 0.25) is 5.91 Å². The van der Waals surface area contributed by atoms with Crippen LogP contribution >= 0.6 is 0 Å². The monoisotopic (exact) mass is 293 g/mol. The molecule has 1 heterocycles. The average molecular weight is 293 g/mol. The molecule has 5 heteroatoms. The molecule has 0 bridgehead atoms. The van der Waals surface area contributed by atoms with Gasteiger partial charge in [-0.1, -0.05) is 13.0 Å². The number of anilines is 1. The van der Waals surface area contributed by atoms with Crippen LogP contribution < -0.4 is 15.5 Å². The van der Waals surface area contributed by atoms with Crippen molar-refractivity contribution in [2.45, 2.75) is 39.3 Å². The lowest BCUT2D eigenvalue weighted by molar-refractivity contribution is -0.119. The van der Waals surface area contributed by atoms with Crippen LogP contribution in [-0.4, -0.2) is 31.6 Å². The highest BCUT2D eigenvalue weighted by Crippen LogP contribution is 2.26. The Labute approximate surface area is 125 Å². The Hall–Kier alpha value is -1.62. The van der Waals surface area contributed by atoms with Crippen LogP contribution in [0.4, 0.5) is 10.1 Å². The van der Waals surface area contributed by atoms with Crippen LogP contribution in [0.5, 0.6) is 0 Å². The number of benzene rings is 1. The first-order chi connectivity index (χ1) is 10.1. The van der Waals surface area contributed by atoms with E-state index in [1.165, 1.54) is 6.07 Å². The minimum Gasteiger partial charge on any atom is -0.371 e. The molecule has 0 unspecified atom stereocenters. The van der Waals surface area contributed by atoms with Crippen molar-refractivity contribution >= 4 is 11.6 Å². The molecule has 1 amide bonds. The summed E-state index contributed by atoms with van der Waals surface area (Å²) in [5.41, 5.74) is 1.70. The summed E-state index contributed by atoms with van der Waals surface area (Å²) in [6, 6.07) is 5.50. The van der Waals surface area contributed by atoms with Gasteiger partial charge >= 0.3 is 0 Å². The first-order valence-corrected chi connectivity index (χ1v) is 7.62. The lowest BCUT2D eigenvalue weighted by Gasteiger charge is -2.35. The summed E-state index contributed by atoms with van der Waals surface area (Å²) in [5, 5.41) is 6.16. The SMILES string of the molecule is CCNCc1c(F)cccc1N1CCC(NC(C)=O)CC1. The van der Waals surface area contributed by atoms with Gasteiger partial charge in [-0.25, -0.2) is 4.39 Å². The van der Waals surface area contributed by atoms with Crippen LogP contribution in [0.1, 0.15) is 32.3 Å². The largest absolute Gasteiger partial charge is 0.371 e. The van der Waals surface area contributed by atoms with Crippen molar-refractivity contribution in [1.82, 2.24) is 10.6 Å². The molecule has 0 radical (unpaired) electrons. The first-order valence-electron chi connectivity index (χ1n) is 7.62. The van der Waals surface area contributed by atoms with E-state index in [2.05, 4.69) is 15.5 Å². The third kappa shape index (κ3) is 4.17. The normalized spacial score (nSPS) is 16.0. The fraction of sp³-hybridized carbons (Fsp3) is 0.562. The molecule has 116 valence electrons. The number of rotatable bonds is 5. The van der Waals surface area contributed by atoms with Gasteiger partial charge in [-0.2, -0.15) is 0 Å². The number of halogens is 1. The standard InChI is InChI=1S/C16H24FN3O/c1-3-18-11-14-15(17)5-4-6-16(14)20-9-7-13(8-10-20)19-12(2)21/h4-6,13,18H,3,7-11H2,1-2H3,(H,19,21). The molecule has 2 rings (SSSR count). The Morgan fingerprint density at radius 1 is 1.38 bits per heavy atom.